The first-order valence-electron chi connectivity index (χ1n) is 4.93. The fraction of sp³-hybridized carbons (Fsp3) is 1.00. The van der Waals surface area contributed by atoms with E-state index in [9.17, 15) is 5.11 Å². The second-order valence-corrected chi connectivity index (χ2v) is 4.81. The first kappa shape index (κ1) is 10.0. The molecule has 72 valence electrons. The van der Waals surface area contributed by atoms with Crippen LogP contribution in [-0.4, -0.2) is 23.3 Å². The van der Waals surface area contributed by atoms with Gasteiger partial charge >= 0.3 is 0 Å². The molecule has 2 nitrogen and oxygen atoms in total. The Bertz CT molecular complexity index is 139. The monoisotopic (exact) mass is 171 g/mol. The first-order chi connectivity index (χ1) is 5.47. The molecule has 0 bridgehead atoms. The molecule has 0 aliphatic heterocycles. The number of hydrogen-bond donors (Lipinski definition) is 2. The van der Waals surface area contributed by atoms with E-state index in [1.54, 1.807) is 0 Å². The van der Waals surface area contributed by atoms with Crippen LogP contribution in [0.25, 0.3) is 0 Å². The Morgan fingerprint density at radius 2 is 2.08 bits per heavy atom. The lowest BCUT2D eigenvalue weighted by Crippen LogP contribution is -2.39. The fourth-order valence-corrected chi connectivity index (χ4v) is 1.79. The third-order valence-corrected chi connectivity index (χ3v) is 2.52. The van der Waals surface area contributed by atoms with Gasteiger partial charge in [-0.1, -0.05) is 6.92 Å². The fourth-order valence-electron chi connectivity index (χ4n) is 1.79. The molecule has 0 radical (unpaired) electrons. The Kier molecular flexibility index (Phi) is 3.13. The summed E-state index contributed by atoms with van der Waals surface area (Å²) in [6, 6.07) is 0.645. The average molecular weight is 171 g/mol. The second kappa shape index (κ2) is 3.75. The maximum Gasteiger partial charge on any atom is 0.0715 e. The Labute approximate surface area is 75.4 Å². The van der Waals surface area contributed by atoms with Crippen molar-refractivity contribution in [3.05, 3.63) is 0 Å². The molecule has 0 spiro atoms. The molecule has 1 rings (SSSR count). The second-order valence-electron chi connectivity index (χ2n) is 4.81. The smallest absolute Gasteiger partial charge is 0.0715 e. The van der Waals surface area contributed by atoms with E-state index in [1.807, 2.05) is 13.8 Å². The summed E-state index contributed by atoms with van der Waals surface area (Å²) in [5.74, 6) is 0.865. The molecule has 0 aromatic rings. The van der Waals surface area contributed by atoms with Crippen LogP contribution in [0.5, 0.6) is 0 Å². The van der Waals surface area contributed by atoms with Gasteiger partial charge in [-0.3, -0.25) is 0 Å². The third-order valence-electron chi connectivity index (χ3n) is 2.52. The highest BCUT2D eigenvalue weighted by Crippen LogP contribution is 2.24. The molecular weight excluding hydrogens is 150 g/mol. The van der Waals surface area contributed by atoms with Crippen LogP contribution in [0.4, 0.5) is 0 Å². The number of aliphatic hydroxyl groups is 1. The van der Waals surface area contributed by atoms with Crippen molar-refractivity contribution < 1.29 is 5.11 Å². The van der Waals surface area contributed by atoms with Gasteiger partial charge in [0.05, 0.1) is 5.60 Å². The molecular formula is C10H21NO. The molecule has 1 saturated carbocycles. The predicted molar refractivity (Wildman–Crippen MR) is 51.1 cm³/mol. The van der Waals surface area contributed by atoms with Crippen molar-refractivity contribution in [2.45, 2.75) is 51.7 Å². The van der Waals surface area contributed by atoms with E-state index >= 15 is 0 Å². The molecule has 0 saturated heterocycles. The maximum absolute atomic E-state index is 9.48. The van der Waals surface area contributed by atoms with E-state index in [2.05, 4.69) is 12.2 Å². The Morgan fingerprint density at radius 3 is 2.50 bits per heavy atom. The summed E-state index contributed by atoms with van der Waals surface area (Å²) in [5, 5.41) is 12.9. The summed E-state index contributed by atoms with van der Waals surface area (Å²) >= 11 is 0. The molecule has 2 N–H and O–H groups in total. The van der Waals surface area contributed by atoms with Crippen LogP contribution >= 0.6 is 0 Å². The topological polar surface area (TPSA) is 32.3 Å². The lowest BCUT2D eigenvalue weighted by atomic mass is 10.1. The van der Waals surface area contributed by atoms with Gasteiger partial charge in [0.25, 0.3) is 0 Å². The van der Waals surface area contributed by atoms with Crippen LogP contribution < -0.4 is 5.32 Å². The minimum atomic E-state index is -0.564. The lowest BCUT2D eigenvalue weighted by molar-refractivity contribution is 0.0765. The molecule has 1 aliphatic rings. The van der Waals surface area contributed by atoms with Gasteiger partial charge in [-0.2, -0.15) is 0 Å². The highest BCUT2D eigenvalue weighted by molar-refractivity contribution is 4.80. The van der Waals surface area contributed by atoms with Crippen molar-refractivity contribution in [2.24, 2.45) is 5.92 Å². The summed E-state index contributed by atoms with van der Waals surface area (Å²) in [5.41, 5.74) is -0.564. The normalized spacial score (nSPS) is 31.0. The summed E-state index contributed by atoms with van der Waals surface area (Å²) in [6.45, 7) is 6.70. The highest BCUT2D eigenvalue weighted by Gasteiger charge is 2.22. The van der Waals surface area contributed by atoms with Crippen LogP contribution in [-0.2, 0) is 0 Å². The quantitative estimate of drug-likeness (QED) is 0.675. The Balaban J connectivity index is 2.16. The van der Waals surface area contributed by atoms with E-state index in [1.165, 1.54) is 19.3 Å². The molecule has 2 heteroatoms. The van der Waals surface area contributed by atoms with Crippen molar-refractivity contribution in [3.8, 4) is 0 Å². The van der Waals surface area contributed by atoms with E-state index in [-0.39, 0.29) is 0 Å². The van der Waals surface area contributed by atoms with Crippen LogP contribution in [0, 0.1) is 5.92 Å². The standard InChI is InChI=1S/C10H21NO/c1-8-4-5-9(6-8)11-7-10(2,3)12/h8-9,11-12H,4-7H2,1-3H3. The zero-order chi connectivity index (χ0) is 9.19. The zero-order valence-corrected chi connectivity index (χ0v) is 8.43. The summed E-state index contributed by atoms with van der Waals surface area (Å²) in [6.07, 6.45) is 3.89. The molecule has 12 heavy (non-hydrogen) atoms. The van der Waals surface area contributed by atoms with Gasteiger partial charge in [0, 0.05) is 12.6 Å². The largest absolute Gasteiger partial charge is 0.389 e. The van der Waals surface area contributed by atoms with E-state index < -0.39 is 5.60 Å². The zero-order valence-electron chi connectivity index (χ0n) is 8.43. The van der Waals surface area contributed by atoms with Crippen LogP contribution in [0.3, 0.4) is 0 Å². The average Bonchev–Trinajstić information content (AvgIpc) is 2.30. The van der Waals surface area contributed by atoms with Crippen molar-refractivity contribution in [2.75, 3.05) is 6.54 Å². The molecule has 1 aliphatic carbocycles. The lowest BCUT2D eigenvalue weighted by Gasteiger charge is -2.21. The minimum absolute atomic E-state index is 0.564. The molecule has 0 aromatic carbocycles. The molecule has 1 fully saturated rings. The molecule has 2 atom stereocenters. The van der Waals surface area contributed by atoms with Crippen molar-refractivity contribution in [1.29, 1.82) is 0 Å². The molecule has 0 amide bonds. The van der Waals surface area contributed by atoms with Crippen LogP contribution in [0.1, 0.15) is 40.0 Å². The maximum atomic E-state index is 9.48. The van der Waals surface area contributed by atoms with Gasteiger partial charge in [0.15, 0.2) is 0 Å². The van der Waals surface area contributed by atoms with Crippen molar-refractivity contribution in [1.82, 2.24) is 5.32 Å². The van der Waals surface area contributed by atoms with Gasteiger partial charge in [0.2, 0.25) is 0 Å². The predicted octanol–water partition coefficient (Wildman–Crippen LogP) is 1.54. The van der Waals surface area contributed by atoms with Crippen molar-refractivity contribution >= 4 is 0 Å². The highest BCUT2D eigenvalue weighted by atomic mass is 16.3. The minimum Gasteiger partial charge on any atom is -0.389 e. The van der Waals surface area contributed by atoms with E-state index in [4.69, 9.17) is 0 Å². The Hall–Kier alpha value is -0.0800. The number of rotatable bonds is 3. The van der Waals surface area contributed by atoms with E-state index in [0.29, 0.717) is 12.6 Å². The summed E-state index contributed by atoms with van der Waals surface area (Å²) in [7, 11) is 0. The van der Waals surface area contributed by atoms with E-state index in [0.717, 1.165) is 5.92 Å². The summed E-state index contributed by atoms with van der Waals surface area (Å²) in [4.78, 5) is 0. The summed E-state index contributed by atoms with van der Waals surface area (Å²) < 4.78 is 0. The third kappa shape index (κ3) is 3.55. The van der Waals surface area contributed by atoms with Gasteiger partial charge < -0.3 is 10.4 Å². The molecule has 0 aromatic heterocycles. The SMILES string of the molecule is CC1CCC(NCC(C)(C)O)C1. The van der Waals surface area contributed by atoms with Crippen LogP contribution in [0.2, 0.25) is 0 Å². The molecule has 2 unspecified atom stereocenters. The van der Waals surface area contributed by atoms with Crippen LogP contribution in [0.15, 0.2) is 0 Å². The number of hydrogen-bond acceptors (Lipinski definition) is 2. The van der Waals surface area contributed by atoms with Gasteiger partial charge in [-0.15, -0.1) is 0 Å². The molecule has 0 heterocycles. The number of nitrogens with one attached hydrogen (secondary N) is 1. The van der Waals surface area contributed by atoms with Gasteiger partial charge in [-0.05, 0) is 39.0 Å². The first-order valence-corrected chi connectivity index (χ1v) is 4.93. The van der Waals surface area contributed by atoms with Gasteiger partial charge in [-0.25, -0.2) is 0 Å². The van der Waals surface area contributed by atoms with Gasteiger partial charge in [0.1, 0.15) is 0 Å². The van der Waals surface area contributed by atoms with Crippen molar-refractivity contribution in [3.63, 3.8) is 0 Å². The Morgan fingerprint density at radius 1 is 1.42 bits per heavy atom.